The molecule has 0 spiro atoms. The van der Waals surface area contributed by atoms with Crippen molar-refractivity contribution in [3.05, 3.63) is 0 Å². The normalized spacial score (nSPS) is 30.8. The van der Waals surface area contributed by atoms with E-state index in [-0.39, 0.29) is 12.1 Å². The lowest BCUT2D eigenvalue weighted by Gasteiger charge is -2.26. The standard InChI is InChI=1S/C11H19NO/c1-3-9(2)12-8-10-4-6-11(13)7-5-10/h1,9-13H,4-8H2,2H3. The minimum atomic E-state index is -0.0543. The molecule has 13 heavy (non-hydrogen) atoms. The molecule has 1 rings (SSSR count). The van der Waals surface area contributed by atoms with Crippen LogP contribution in [-0.2, 0) is 0 Å². The van der Waals surface area contributed by atoms with Gasteiger partial charge in [-0.2, -0.15) is 0 Å². The molecule has 2 heteroatoms. The highest BCUT2D eigenvalue weighted by Gasteiger charge is 2.18. The number of nitrogens with one attached hydrogen (secondary N) is 1. The van der Waals surface area contributed by atoms with E-state index in [0.29, 0.717) is 5.92 Å². The Balaban J connectivity index is 2.13. The van der Waals surface area contributed by atoms with E-state index in [9.17, 15) is 5.11 Å². The average molecular weight is 181 g/mol. The van der Waals surface area contributed by atoms with E-state index in [2.05, 4.69) is 11.2 Å². The maximum atomic E-state index is 9.30. The van der Waals surface area contributed by atoms with Gasteiger partial charge in [-0.25, -0.2) is 0 Å². The summed E-state index contributed by atoms with van der Waals surface area (Å²) in [7, 11) is 0. The fourth-order valence-electron chi connectivity index (χ4n) is 1.75. The highest BCUT2D eigenvalue weighted by Crippen LogP contribution is 2.23. The smallest absolute Gasteiger partial charge is 0.0658 e. The molecule has 2 N–H and O–H groups in total. The Morgan fingerprint density at radius 3 is 2.62 bits per heavy atom. The summed E-state index contributed by atoms with van der Waals surface area (Å²) in [5, 5.41) is 12.6. The van der Waals surface area contributed by atoms with Crippen LogP contribution in [0.15, 0.2) is 0 Å². The minimum absolute atomic E-state index is 0.0543. The van der Waals surface area contributed by atoms with E-state index in [1.807, 2.05) is 6.92 Å². The van der Waals surface area contributed by atoms with Crippen molar-refractivity contribution >= 4 is 0 Å². The van der Waals surface area contributed by atoms with Crippen LogP contribution in [0.4, 0.5) is 0 Å². The van der Waals surface area contributed by atoms with Gasteiger partial charge in [0.05, 0.1) is 12.1 Å². The van der Waals surface area contributed by atoms with Gasteiger partial charge in [-0.05, 0) is 45.1 Å². The van der Waals surface area contributed by atoms with Crippen LogP contribution in [0, 0.1) is 18.3 Å². The first-order valence-electron chi connectivity index (χ1n) is 5.10. The number of hydrogen-bond donors (Lipinski definition) is 2. The highest BCUT2D eigenvalue weighted by molar-refractivity contribution is 4.95. The molecule has 2 nitrogen and oxygen atoms in total. The van der Waals surface area contributed by atoms with Gasteiger partial charge >= 0.3 is 0 Å². The summed E-state index contributed by atoms with van der Waals surface area (Å²) >= 11 is 0. The first-order valence-corrected chi connectivity index (χ1v) is 5.10. The topological polar surface area (TPSA) is 32.3 Å². The lowest BCUT2D eigenvalue weighted by Crippen LogP contribution is -2.32. The third-order valence-corrected chi connectivity index (χ3v) is 2.78. The molecule has 0 aromatic heterocycles. The Bertz CT molecular complexity index is 177. The van der Waals surface area contributed by atoms with Crippen LogP contribution in [0.1, 0.15) is 32.6 Å². The zero-order chi connectivity index (χ0) is 9.68. The first kappa shape index (κ1) is 10.6. The number of hydrogen-bond acceptors (Lipinski definition) is 2. The van der Waals surface area contributed by atoms with Crippen molar-refractivity contribution in [2.75, 3.05) is 6.54 Å². The van der Waals surface area contributed by atoms with Crippen molar-refractivity contribution < 1.29 is 5.11 Å². The fraction of sp³-hybridized carbons (Fsp3) is 0.818. The molecule has 0 heterocycles. The molecule has 0 radical (unpaired) electrons. The molecule has 1 unspecified atom stereocenters. The van der Waals surface area contributed by atoms with Gasteiger partial charge in [-0.3, -0.25) is 0 Å². The molecule has 0 aromatic carbocycles. The Morgan fingerprint density at radius 1 is 1.46 bits per heavy atom. The van der Waals surface area contributed by atoms with Crippen LogP contribution < -0.4 is 5.32 Å². The van der Waals surface area contributed by atoms with Crippen LogP contribution in [0.2, 0.25) is 0 Å². The number of aliphatic hydroxyl groups excluding tert-OH is 1. The fourth-order valence-corrected chi connectivity index (χ4v) is 1.75. The van der Waals surface area contributed by atoms with Gasteiger partial charge in [-0.15, -0.1) is 6.42 Å². The van der Waals surface area contributed by atoms with Gasteiger partial charge in [0.2, 0.25) is 0 Å². The van der Waals surface area contributed by atoms with Crippen molar-refractivity contribution in [3.8, 4) is 12.3 Å². The Morgan fingerprint density at radius 2 is 2.08 bits per heavy atom. The van der Waals surface area contributed by atoms with E-state index in [1.54, 1.807) is 0 Å². The molecular weight excluding hydrogens is 162 g/mol. The van der Waals surface area contributed by atoms with E-state index in [4.69, 9.17) is 6.42 Å². The van der Waals surface area contributed by atoms with Crippen LogP contribution >= 0.6 is 0 Å². The largest absolute Gasteiger partial charge is 0.393 e. The molecule has 0 bridgehead atoms. The molecule has 1 saturated carbocycles. The summed E-state index contributed by atoms with van der Waals surface area (Å²) in [5.74, 6) is 3.36. The summed E-state index contributed by atoms with van der Waals surface area (Å²) in [6.45, 7) is 3.00. The molecule has 0 aliphatic heterocycles. The summed E-state index contributed by atoms with van der Waals surface area (Å²) in [6, 6.07) is 0.173. The lowest BCUT2D eigenvalue weighted by molar-refractivity contribution is 0.108. The van der Waals surface area contributed by atoms with Crippen LogP contribution in [0.25, 0.3) is 0 Å². The summed E-state index contributed by atoms with van der Waals surface area (Å²) in [4.78, 5) is 0. The highest BCUT2D eigenvalue weighted by atomic mass is 16.3. The predicted octanol–water partition coefficient (Wildman–Crippen LogP) is 1.15. The Kier molecular flexibility index (Phi) is 4.27. The predicted molar refractivity (Wildman–Crippen MR) is 54.3 cm³/mol. The average Bonchev–Trinajstić information content (AvgIpc) is 2.16. The van der Waals surface area contributed by atoms with Gasteiger partial charge in [0.25, 0.3) is 0 Å². The quantitative estimate of drug-likeness (QED) is 0.640. The Hall–Kier alpha value is -0.520. The molecule has 0 aromatic rings. The summed E-state index contributed by atoms with van der Waals surface area (Å²) < 4.78 is 0. The molecule has 0 saturated heterocycles. The number of rotatable bonds is 3. The molecule has 1 aliphatic carbocycles. The maximum Gasteiger partial charge on any atom is 0.0658 e. The van der Waals surface area contributed by atoms with Gasteiger partial charge < -0.3 is 10.4 Å². The number of aliphatic hydroxyl groups is 1. The van der Waals surface area contributed by atoms with Crippen LogP contribution in [-0.4, -0.2) is 23.8 Å². The third-order valence-electron chi connectivity index (χ3n) is 2.78. The van der Waals surface area contributed by atoms with Crippen LogP contribution in [0.3, 0.4) is 0 Å². The second-order valence-corrected chi connectivity index (χ2v) is 3.97. The van der Waals surface area contributed by atoms with Crippen molar-refractivity contribution in [2.24, 2.45) is 5.92 Å². The van der Waals surface area contributed by atoms with E-state index in [1.165, 1.54) is 0 Å². The molecule has 1 atom stereocenters. The van der Waals surface area contributed by atoms with Gasteiger partial charge in [-0.1, -0.05) is 5.92 Å². The molecule has 1 aliphatic rings. The summed E-state index contributed by atoms with van der Waals surface area (Å²) in [6.07, 6.45) is 9.37. The lowest BCUT2D eigenvalue weighted by atomic mass is 9.87. The zero-order valence-electron chi connectivity index (χ0n) is 8.29. The molecule has 1 fully saturated rings. The molecular formula is C11H19NO. The van der Waals surface area contributed by atoms with Crippen molar-refractivity contribution in [1.82, 2.24) is 5.32 Å². The van der Waals surface area contributed by atoms with E-state index in [0.717, 1.165) is 32.2 Å². The Labute approximate surface area is 80.7 Å². The second kappa shape index (κ2) is 5.26. The third kappa shape index (κ3) is 3.80. The van der Waals surface area contributed by atoms with Gasteiger partial charge in [0.1, 0.15) is 0 Å². The van der Waals surface area contributed by atoms with E-state index < -0.39 is 0 Å². The first-order chi connectivity index (χ1) is 6.22. The number of terminal acetylenes is 1. The van der Waals surface area contributed by atoms with Gasteiger partial charge in [0, 0.05) is 0 Å². The van der Waals surface area contributed by atoms with Crippen LogP contribution in [0.5, 0.6) is 0 Å². The molecule has 0 amide bonds. The van der Waals surface area contributed by atoms with Gasteiger partial charge in [0.15, 0.2) is 0 Å². The van der Waals surface area contributed by atoms with Crippen molar-refractivity contribution in [2.45, 2.75) is 44.8 Å². The van der Waals surface area contributed by atoms with Crippen molar-refractivity contribution in [1.29, 1.82) is 0 Å². The zero-order valence-corrected chi connectivity index (χ0v) is 8.29. The monoisotopic (exact) mass is 181 g/mol. The molecule has 74 valence electrons. The second-order valence-electron chi connectivity index (χ2n) is 3.97. The minimum Gasteiger partial charge on any atom is -0.393 e. The SMILES string of the molecule is C#CC(C)NCC1CCC(O)CC1. The van der Waals surface area contributed by atoms with E-state index >= 15 is 0 Å². The summed E-state index contributed by atoms with van der Waals surface area (Å²) in [5.41, 5.74) is 0. The maximum absolute atomic E-state index is 9.30. The van der Waals surface area contributed by atoms with Crippen molar-refractivity contribution in [3.63, 3.8) is 0 Å².